The minimum Gasteiger partial charge on any atom is -0.322 e. The number of fused-ring (bicyclic) bond motifs is 1. The zero-order chi connectivity index (χ0) is 12.5. The van der Waals surface area contributed by atoms with Crippen LogP contribution in [0, 0.1) is 5.92 Å². The number of halogens is 1. The highest BCUT2D eigenvalue weighted by Crippen LogP contribution is 2.27. The van der Waals surface area contributed by atoms with Gasteiger partial charge in [-0.2, -0.15) is 0 Å². The van der Waals surface area contributed by atoms with Crippen LogP contribution in [0.15, 0.2) is 4.73 Å². The highest BCUT2D eigenvalue weighted by Gasteiger charge is 2.23. The van der Waals surface area contributed by atoms with Gasteiger partial charge in [-0.05, 0) is 34.7 Å². The van der Waals surface area contributed by atoms with Gasteiger partial charge in [0, 0.05) is 45.0 Å². The smallest absolute Gasteiger partial charge is 0.177 e. The first-order valence-electron chi connectivity index (χ1n) is 6.91. The summed E-state index contributed by atoms with van der Waals surface area (Å²) in [6, 6.07) is 0. The van der Waals surface area contributed by atoms with E-state index < -0.39 is 0 Å². The number of hydrogen-bond acceptors (Lipinski definition) is 3. The van der Waals surface area contributed by atoms with Crippen LogP contribution in [-0.2, 0) is 19.5 Å². The SMILES string of the molecule is CC1CCn2c(Br)nc(CN3CCNCC3)c2C1. The molecule has 0 saturated carbocycles. The van der Waals surface area contributed by atoms with E-state index in [4.69, 9.17) is 4.98 Å². The molecule has 1 N–H and O–H groups in total. The number of rotatable bonds is 2. The Kier molecular flexibility index (Phi) is 3.73. The number of hydrogen-bond donors (Lipinski definition) is 1. The molecule has 0 radical (unpaired) electrons. The van der Waals surface area contributed by atoms with Gasteiger partial charge < -0.3 is 9.88 Å². The molecule has 1 aromatic rings. The van der Waals surface area contributed by atoms with Crippen molar-refractivity contribution in [1.29, 1.82) is 0 Å². The monoisotopic (exact) mass is 312 g/mol. The van der Waals surface area contributed by atoms with E-state index in [2.05, 4.69) is 37.6 Å². The lowest BCUT2D eigenvalue weighted by Gasteiger charge is -2.27. The largest absolute Gasteiger partial charge is 0.322 e. The zero-order valence-corrected chi connectivity index (χ0v) is 12.5. The maximum atomic E-state index is 4.74. The van der Waals surface area contributed by atoms with E-state index in [1.807, 2.05) is 0 Å². The Morgan fingerprint density at radius 3 is 2.89 bits per heavy atom. The van der Waals surface area contributed by atoms with Crippen LogP contribution < -0.4 is 5.32 Å². The molecule has 3 heterocycles. The Morgan fingerprint density at radius 1 is 1.33 bits per heavy atom. The molecule has 1 saturated heterocycles. The van der Waals surface area contributed by atoms with Crippen molar-refractivity contribution in [1.82, 2.24) is 19.8 Å². The Labute approximate surface area is 117 Å². The highest BCUT2D eigenvalue weighted by atomic mass is 79.9. The van der Waals surface area contributed by atoms with E-state index in [1.54, 1.807) is 0 Å². The Hall–Kier alpha value is -0.390. The second kappa shape index (κ2) is 5.31. The first-order chi connectivity index (χ1) is 8.74. The fourth-order valence-electron chi connectivity index (χ4n) is 2.95. The molecule has 1 aromatic heterocycles. The summed E-state index contributed by atoms with van der Waals surface area (Å²) in [6.45, 7) is 8.96. The molecule has 0 amide bonds. The number of imidazole rings is 1. The normalized spacial score (nSPS) is 25.1. The Balaban J connectivity index is 1.79. The van der Waals surface area contributed by atoms with Crippen LogP contribution in [0.2, 0.25) is 0 Å². The van der Waals surface area contributed by atoms with Crippen LogP contribution in [0.25, 0.3) is 0 Å². The van der Waals surface area contributed by atoms with Crippen molar-refractivity contribution in [2.75, 3.05) is 26.2 Å². The molecule has 18 heavy (non-hydrogen) atoms. The third kappa shape index (κ3) is 2.49. The third-order valence-corrected chi connectivity index (χ3v) is 4.68. The van der Waals surface area contributed by atoms with E-state index in [9.17, 15) is 0 Å². The predicted molar refractivity (Wildman–Crippen MR) is 75.6 cm³/mol. The van der Waals surface area contributed by atoms with E-state index >= 15 is 0 Å². The van der Waals surface area contributed by atoms with Gasteiger partial charge in [0.2, 0.25) is 0 Å². The minimum absolute atomic E-state index is 0.794. The molecular formula is C13H21BrN4. The van der Waals surface area contributed by atoms with Crippen LogP contribution in [0.1, 0.15) is 24.7 Å². The molecule has 0 aliphatic carbocycles. The van der Waals surface area contributed by atoms with Crippen LogP contribution >= 0.6 is 15.9 Å². The highest BCUT2D eigenvalue weighted by molar-refractivity contribution is 9.10. The summed E-state index contributed by atoms with van der Waals surface area (Å²) in [4.78, 5) is 7.24. The van der Waals surface area contributed by atoms with Crippen LogP contribution in [-0.4, -0.2) is 40.6 Å². The van der Waals surface area contributed by atoms with Crippen molar-refractivity contribution in [3.05, 3.63) is 16.1 Å². The summed E-state index contributed by atoms with van der Waals surface area (Å²) in [5.74, 6) is 0.794. The van der Waals surface area contributed by atoms with E-state index in [0.29, 0.717) is 0 Å². The molecule has 3 rings (SSSR count). The third-order valence-electron chi connectivity index (χ3n) is 4.08. The first-order valence-corrected chi connectivity index (χ1v) is 7.70. The van der Waals surface area contributed by atoms with Gasteiger partial charge in [0.15, 0.2) is 4.73 Å². The van der Waals surface area contributed by atoms with Gasteiger partial charge in [0.05, 0.1) is 5.69 Å². The summed E-state index contributed by atoms with van der Waals surface area (Å²) in [5, 5.41) is 3.40. The summed E-state index contributed by atoms with van der Waals surface area (Å²) < 4.78 is 3.38. The average Bonchev–Trinajstić information content (AvgIpc) is 2.67. The van der Waals surface area contributed by atoms with Crippen molar-refractivity contribution in [3.8, 4) is 0 Å². The number of aromatic nitrogens is 2. The van der Waals surface area contributed by atoms with Gasteiger partial charge in [-0.15, -0.1) is 0 Å². The molecule has 2 aliphatic heterocycles. The second-order valence-corrected chi connectivity index (χ2v) is 6.26. The van der Waals surface area contributed by atoms with E-state index in [0.717, 1.165) is 49.9 Å². The number of nitrogens with one attached hydrogen (secondary N) is 1. The number of piperazine rings is 1. The maximum Gasteiger partial charge on any atom is 0.177 e. The molecule has 4 nitrogen and oxygen atoms in total. The minimum atomic E-state index is 0.794. The van der Waals surface area contributed by atoms with E-state index in [1.165, 1.54) is 24.2 Å². The first kappa shape index (κ1) is 12.6. The van der Waals surface area contributed by atoms with Crippen molar-refractivity contribution < 1.29 is 0 Å². The quantitative estimate of drug-likeness (QED) is 0.901. The standard InChI is InChI=1S/C13H21BrN4/c1-10-2-5-18-12(8-10)11(16-13(18)14)9-17-6-3-15-4-7-17/h10,15H,2-9H2,1H3. The lowest BCUT2D eigenvalue weighted by Crippen LogP contribution is -2.43. The molecule has 0 spiro atoms. The van der Waals surface area contributed by atoms with E-state index in [-0.39, 0.29) is 0 Å². The summed E-state index contributed by atoms with van der Waals surface area (Å²) in [6.07, 6.45) is 2.45. The molecule has 100 valence electrons. The zero-order valence-electron chi connectivity index (χ0n) is 11.0. The molecule has 1 fully saturated rings. The van der Waals surface area contributed by atoms with Gasteiger partial charge in [-0.25, -0.2) is 4.98 Å². The van der Waals surface area contributed by atoms with Crippen molar-refractivity contribution in [3.63, 3.8) is 0 Å². The molecule has 0 bridgehead atoms. The Bertz CT molecular complexity index is 423. The van der Waals surface area contributed by atoms with Gasteiger partial charge in [-0.3, -0.25) is 4.90 Å². The van der Waals surface area contributed by atoms with Gasteiger partial charge >= 0.3 is 0 Å². The van der Waals surface area contributed by atoms with Crippen LogP contribution in [0.4, 0.5) is 0 Å². The van der Waals surface area contributed by atoms with Crippen molar-refractivity contribution in [2.24, 2.45) is 5.92 Å². The van der Waals surface area contributed by atoms with Crippen LogP contribution in [0.5, 0.6) is 0 Å². The molecular weight excluding hydrogens is 292 g/mol. The average molecular weight is 313 g/mol. The van der Waals surface area contributed by atoms with Crippen molar-refractivity contribution in [2.45, 2.75) is 32.9 Å². The molecule has 5 heteroatoms. The Morgan fingerprint density at radius 2 is 2.11 bits per heavy atom. The topological polar surface area (TPSA) is 33.1 Å². The lowest BCUT2D eigenvalue weighted by atomic mass is 9.97. The fraction of sp³-hybridized carbons (Fsp3) is 0.769. The summed E-state index contributed by atoms with van der Waals surface area (Å²) >= 11 is 3.61. The number of nitrogens with zero attached hydrogens (tertiary/aromatic N) is 3. The fourth-order valence-corrected chi connectivity index (χ4v) is 3.55. The van der Waals surface area contributed by atoms with Gasteiger partial charge in [0.25, 0.3) is 0 Å². The summed E-state index contributed by atoms with van der Waals surface area (Å²) in [5.41, 5.74) is 2.74. The molecule has 2 aliphatic rings. The summed E-state index contributed by atoms with van der Waals surface area (Å²) in [7, 11) is 0. The van der Waals surface area contributed by atoms with Gasteiger partial charge in [-0.1, -0.05) is 6.92 Å². The molecule has 0 aromatic carbocycles. The maximum absolute atomic E-state index is 4.74. The molecule has 1 atom stereocenters. The predicted octanol–water partition coefficient (Wildman–Crippen LogP) is 1.63. The van der Waals surface area contributed by atoms with Gasteiger partial charge in [0.1, 0.15) is 0 Å². The molecule has 1 unspecified atom stereocenters. The second-order valence-electron chi connectivity index (χ2n) is 5.55. The van der Waals surface area contributed by atoms with Crippen LogP contribution in [0.3, 0.4) is 0 Å². The van der Waals surface area contributed by atoms with Crippen molar-refractivity contribution >= 4 is 15.9 Å². The lowest BCUT2D eigenvalue weighted by molar-refractivity contribution is 0.229.